The number of rotatable bonds is 3. The van der Waals surface area contributed by atoms with Gasteiger partial charge in [-0.3, -0.25) is 4.79 Å². The fourth-order valence-electron chi connectivity index (χ4n) is 2.71. The minimum atomic E-state index is -0.0458. The number of imidazole rings is 1. The molecule has 0 unspecified atom stereocenters. The minimum absolute atomic E-state index is 0.0458. The van der Waals surface area contributed by atoms with E-state index in [1.807, 2.05) is 48.9 Å². The molecule has 0 aliphatic carbocycles. The molecule has 2 heterocycles. The van der Waals surface area contributed by atoms with E-state index in [0.717, 1.165) is 36.7 Å². The van der Waals surface area contributed by atoms with Crippen molar-refractivity contribution in [3.05, 3.63) is 41.7 Å². The van der Waals surface area contributed by atoms with Gasteiger partial charge in [-0.05, 0) is 31.9 Å². The van der Waals surface area contributed by atoms with Gasteiger partial charge in [0.25, 0.3) is 5.91 Å². The molecule has 0 bridgehead atoms. The van der Waals surface area contributed by atoms with Crippen LogP contribution in [-0.4, -0.2) is 28.5 Å². The van der Waals surface area contributed by atoms with Crippen molar-refractivity contribution in [3.63, 3.8) is 0 Å². The van der Waals surface area contributed by atoms with E-state index >= 15 is 0 Å². The molecule has 21 heavy (non-hydrogen) atoms. The molecule has 1 N–H and O–H groups in total. The summed E-state index contributed by atoms with van der Waals surface area (Å²) < 4.78 is 2.02. The van der Waals surface area contributed by atoms with Gasteiger partial charge in [-0.2, -0.15) is 0 Å². The van der Waals surface area contributed by atoms with E-state index in [1.54, 1.807) is 4.90 Å². The van der Waals surface area contributed by atoms with Crippen LogP contribution in [-0.2, 0) is 6.54 Å². The zero-order valence-corrected chi connectivity index (χ0v) is 12.5. The Kier molecular flexibility index (Phi) is 3.64. The monoisotopic (exact) mass is 284 g/mol. The lowest BCUT2D eigenvalue weighted by Crippen LogP contribution is -2.31. The van der Waals surface area contributed by atoms with Gasteiger partial charge in [0, 0.05) is 31.5 Å². The Balaban J connectivity index is 1.92. The van der Waals surface area contributed by atoms with Crippen LogP contribution in [0.15, 0.2) is 30.5 Å². The number of carbonyl (C=O) groups is 1. The zero-order valence-electron chi connectivity index (χ0n) is 12.5. The van der Waals surface area contributed by atoms with E-state index in [2.05, 4.69) is 10.3 Å². The minimum Gasteiger partial charge on any atom is -0.356 e. The first-order valence-electron chi connectivity index (χ1n) is 7.39. The molecule has 1 amide bonds. The molecule has 1 aliphatic rings. The van der Waals surface area contributed by atoms with Crippen LogP contribution in [0.1, 0.15) is 29.4 Å². The van der Waals surface area contributed by atoms with Gasteiger partial charge in [0.1, 0.15) is 5.69 Å². The zero-order chi connectivity index (χ0) is 14.8. The summed E-state index contributed by atoms with van der Waals surface area (Å²) in [5.41, 5.74) is 2.54. The molecule has 0 radical (unpaired) electrons. The molecule has 5 heteroatoms. The first-order valence-corrected chi connectivity index (χ1v) is 7.39. The highest BCUT2D eigenvalue weighted by atomic mass is 16.2. The van der Waals surface area contributed by atoms with Gasteiger partial charge in [0.05, 0.1) is 0 Å². The average molecular weight is 284 g/mol. The van der Waals surface area contributed by atoms with Crippen molar-refractivity contribution >= 4 is 17.5 Å². The van der Waals surface area contributed by atoms with E-state index in [0.29, 0.717) is 12.2 Å². The van der Waals surface area contributed by atoms with E-state index in [9.17, 15) is 4.79 Å². The first-order chi connectivity index (χ1) is 10.2. The maximum atomic E-state index is 12.8. The standard InChI is InChI=1S/C16H20N4O/c1-3-20(14-8-5-4-7-12(14)2)15(21)13-11-19-10-6-9-17-16(19)18-13/h4-5,7-8,11H,3,6,9-10H2,1-2H3,(H,17,18). The Morgan fingerprint density at radius 3 is 2.95 bits per heavy atom. The average Bonchev–Trinajstić information content (AvgIpc) is 2.93. The second kappa shape index (κ2) is 5.60. The second-order valence-corrected chi connectivity index (χ2v) is 5.26. The summed E-state index contributed by atoms with van der Waals surface area (Å²) in [6, 6.07) is 7.93. The number of hydrogen-bond donors (Lipinski definition) is 1. The molecular formula is C16H20N4O. The quantitative estimate of drug-likeness (QED) is 0.942. The van der Waals surface area contributed by atoms with Crippen LogP contribution in [0.3, 0.4) is 0 Å². The fourth-order valence-corrected chi connectivity index (χ4v) is 2.71. The number of para-hydroxylation sites is 1. The first kappa shape index (κ1) is 13.7. The number of nitrogens with zero attached hydrogens (tertiary/aromatic N) is 3. The number of benzene rings is 1. The maximum absolute atomic E-state index is 12.8. The molecule has 0 saturated carbocycles. The summed E-state index contributed by atoms with van der Waals surface area (Å²) in [6.45, 7) is 6.46. The molecule has 0 spiro atoms. The topological polar surface area (TPSA) is 50.2 Å². The number of anilines is 2. The highest BCUT2D eigenvalue weighted by Crippen LogP contribution is 2.22. The van der Waals surface area contributed by atoms with Crippen LogP contribution < -0.4 is 10.2 Å². The molecule has 5 nitrogen and oxygen atoms in total. The third kappa shape index (κ3) is 2.51. The number of amides is 1. The predicted molar refractivity (Wildman–Crippen MR) is 83.9 cm³/mol. The third-order valence-electron chi connectivity index (χ3n) is 3.82. The van der Waals surface area contributed by atoms with Crippen LogP contribution >= 0.6 is 0 Å². The molecule has 3 rings (SSSR count). The molecule has 1 aromatic heterocycles. The lowest BCUT2D eigenvalue weighted by Gasteiger charge is -2.21. The van der Waals surface area contributed by atoms with Gasteiger partial charge in [0.15, 0.2) is 0 Å². The summed E-state index contributed by atoms with van der Waals surface area (Å²) in [4.78, 5) is 19.0. The normalized spacial score (nSPS) is 13.4. The van der Waals surface area contributed by atoms with Gasteiger partial charge in [-0.25, -0.2) is 4.98 Å². The Morgan fingerprint density at radius 1 is 1.43 bits per heavy atom. The Bertz CT molecular complexity index is 639. The molecule has 0 atom stereocenters. The summed E-state index contributed by atoms with van der Waals surface area (Å²) in [7, 11) is 0. The predicted octanol–water partition coefficient (Wildman–Crippen LogP) is 2.67. The van der Waals surface area contributed by atoms with Crippen molar-refractivity contribution in [2.24, 2.45) is 0 Å². The summed E-state index contributed by atoms with van der Waals surface area (Å²) >= 11 is 0. The SMILES string of the molecule is CCN(C(=O)c1cn2c(n1)NCCC2)c1ccccc1C. The summed E-state index contributed by atoms with van der Waals surface area (Å²) in [6.07, 6.45) is 2.91. The third-order valence-corrected chi connectivity index (χ3v) is 3.82. The molecule has 1 aromatic carbocycles. The largest absolute Gasteiger partial charge is 0.356 e. The van der Waals surface area contributed by atoms with Crippen molar-refractivity contribution in [2.75, 3.05) is 23.3 Å². The second-order valence-electron chi connectivity index (χ2n) is 5.26. The van der Waals surface area contributed by atoms with Gasteiger partial charge < -0.3 is 14.8 Å². The van der Waals surface area contributed by atoms with Gasteiger partial charge in [-0.15, -0.1) is 0 Å². The highest BCUT2D eigenvalue weighted by Gasteiger charge is 2.22. The number of aromatic nitrogens is 2. The van der Waals surface area contributed by atoms with Crippen LogP contribution in [0.5, 0.6) is 0 Å². The number of hydrogen-bond acceptors (Lipinski definition) is 3. The molecule has 0 saturated heterocycles. The fraction of sp³-hybridized carbons (Fsp3) is 0.375. The lowest BCUT2D eigenvalue weighted by molar-refractivity contribution is 0.0984. The Morgan fingerprint density at radius 2 is 2.24 bits per heavy atom. The highest BCUT2D eigenvalue weighted by molar-refractivity contribution is 6.05. The van der Waals surface area contributed by atoms with Crippen molar-refractivity contribution in [3.8, 4) is 0 Å². The Labute approximate surface area is 124 Å². The van der Waals surface area contributed by atoms with Crippen LogP contribution in [0.4, 0.5) is 11.6 Å². The van der Waals surface area contributed by atoms with Gasteiger partial charge in [0.2, 0.25) is 5.95 Å². The van der Waals surface area contributed by atoms with E-state index in [-0.39, 0.29) is 5.91 Å². The Hall–Kier alpha value is -2.30. The number of carbonyl (C=O) groups excluding carboxylic acids is 1. The molecule has 110 valence electrons. The van der Waals surface area contributed by atoms with Crippen molar-refractivity contribution in [1.29, 1.82) is 0 Å². The van der Waals surface area contributed by atoms with Gasteiger partial charge in [-0.1, -0.05) is 18.2 Å². The van der Waals surface area contributed by atoms with Crippen LogP contribution in [0.2, 0.25) is 0 Å². The molecular weight excluding hydrogens is 264 g/mol. The van der Waals surface area contributed by atoms with E-state index in [4.69, 9.17) is 0 Å². The van der Waals surface area contributed by atoms with Gasteiger partial charge >= 0.3 is 0 Å². The van der Waals surface area contributed by atoms with Crippen LogP contribution in [0.25, 0.3) is 0 Å². The van der Waals surface area contributed by atoms with E-state index < -0.39 is 0 Å². The van der Waals surface area contributed by atoms with Crippen molar-refractivity contribution in [2.45, 2.75) is 26.8 Å². The van der Waals surface area contributed by atoms with Crippen molar-refractivity contribution < 1.29 is 4.79 Å². The molecule has 2 aromatic rings. The summed E-state index contributed by atoms with van der Waals surface area (Å²) in [5, 5.41) is 3.23. The van der Waals surface area contributed by atoms with Crippen molar-refractivity contribution in [1.82, 2.24) is 9.55 Å². The van der Waals surface area contributed by atoms with E-state index in [1.165, 1.54) is 0 Å². The number of aryl methyl sites for hydroxylation is 2. The lowest BCUT2D eigenvalue weighted by atomic mass is 10.1. The molecule has 1 aliphatic heterocycles. The summed E-state index contributed by atoms with van der Waals surface area (Å²) in [5.74, 6) is 0.751. The number of nitrogens with one attached hydrogen (secondary N) is 1. The maximum Gasteiger partial charge on any atom is 0.278 e. The molecule has 0 fully saturated rings. The smallest absolute Gasteiger partial charge is 0.278 e. The number of fused-ring (bicyclic) bond motifs is 1. The van der Waals surface area contributed by atoms with Crippen LogP contribution in [0, 0.1) is 6.92 Å².